The number of methoxy groups -OCH3 is 1. The maximum atomic E-state index is 5.12. The normalized spacial score (nSPS) is 10.4. The van der Waals surface area contributed by atoms with E-state index in [4.69, 9.17) is 4.74 Å². The van der Waals surface area contributed by atoms with Gasteiger partial charge >= 0.3 is 0 Å². The molecule has 0 amide bonds. The van der Waals surface area contributed by atoms with E-state index in [2.05, 4.69) is 32.6 Å². The minimum Gasteiger partial charge on any atom is -0.497 e. The molecule has 15 heavy (non-hydrogen) atoms. The first-order valence-electron chi connectivity index (χ1n) is 5.44. The summed E-state index contributed by atoms with van der Waals surface area (Å²) in [5, 5.41) is 0. The third-order valence-corrected chi connectivity index (χ3v) is 2.71. The molecule has 0 heterocycles. The van der Waals surface area contributed by atoms with Gasteiger partial charge in [0.1, 0.15) is 5.75 Å². The number of benzene rings is 1. The fourth-order valence-corrected chi connectivity index (χ4v) is 1.39. The first-order valence-corrected chi connectivity index (χ1v) is 5.44. The van der Waals surface area contributed by atoms with Crippen molar-refractivity contribution in [2.45, 2.75) is 26.7 Å². The molecule has 1 aromatic rings. The Bertz CT molecular complexity index is 309. The molecule has 1 heteroatoms. The molecule has 0 saturated carbocycles. The highest BCUT2D eigenvalue weighted by molar-refractivity contribution is 5.27. The van der Waals surface area contributed by atoms with Crippen LogP contribution in [0.3, 0.4) is 0 Å². The zero-order valence-electron chi connectivity index (χ0n) is 9.92. The third kappa shape index (κ3) is 3.78. The highest BCUT2D eigenvalue weighted by Gasteiger charge is 2.01. The van der Waals surface area contributed by atoms with E-state index in [9.17, 15) is 0 Å². The van der Waals surface area contributed by atoms with Crippen molar-refractivity contribution >= 4 is 0 Å². The van der Waals surface area contributed by atoms with Gasteiger partial charge in [0.25, 0.3) is 0 Å². The minimum atomic E-state index is 0.586. The van der Waals surface area contributed by atoms with Gasteiger partial charge in [-0.3, -0.25) is 0 Å². The lowest BCUT2D eigenvalue weighted by atomic mass is 9.98. The van der Waals surface area contributed by atoms with Gasteiger partial charge in [0.15, 0.2) is 0 Å². The van der Waals surface area contributed by atoms with E-state index in [1.165, 1.54) is 11.1 Å². The van der Waals surface area contributed by atoms with E-state index in [0.29, 0.717) is 5.92 Å². The van der Waals surface area contributed by atoms with E-state index < -0.39 is 0 Å². The SMILES string of the molecule is C=C(CCc1ccc(OC)cc1)C(C)C. The lowest BCUT2D eigenvalue weighted by Crippen LogP contribution is -1.95. The van der Waals surface area contributed by atoms with Gasteiger partial charge in [0.2, 0.25) is 0 Å². The van der Waals surface area contributed by atoms with Gasteiger partial charge in [0.05, 0.1) is 7.11 Å². The van der Waals surface area contributed by atoms with Crippen molar-refractivity contribution in [1.82, 2.24) is 0 Å². The van der Waals surface area contributed by atoms with E-state index in [1.807, 2.05) is 12.1 Å². The standard InChI is InChI=1S/C14H20O/c1-11(2)12(3)5-6-13-7-9-14(15-4)10-8-13/h7-11H,3,5-6H2,1-2,4H3. The average Bonchev–Trinajstić information content (AvgIpc) is 2.26. The summed E-state index contributed by atoms with van der Waals surface area (Å²) < 4.78 is 5.12. The zero-order valence-corrected chi connectivity index (χ0v) is 9.92. The van der Waals surface area contributed by atoms with Gasteiger partial charge in [-0.15, -0.1) is 0 Å². The molecule has 0 spiro atoms. The number of hydrogen-bond acceptors (Lipinski definition) is 1. The van der Waals surface area contributed by atoms with Crippen molar-refractivity contribution in [3.05, 3.63) is 42.0 Å². The lowest BCUT2D eigenvalue weighted by molar-refractivity contribution is 0.414. The molecule has 0 radical (unpaired) electrons. The van der Waals surface area contributed by atoms with Crippen LogP contribution in [0.4, 0.5) is 0 Å². The molecular weight excluding hydrogens is 184 g/mol. The second-order valence-electron chi connectivity index (χ2n) is 4.16. The Morgan fingerprint density at radius 3 is 2.33 bits per heavy atom. The van der Waals surface area contributed by atoms with Gasteiger partial charge in [-0.2, -0.15) is 0 Å². The van der Waals surface area contributed by atoms with Crippen LogP contribution in [-0.4, -0.2) is 7.11 Å². The summed E-state index contributed by atoms with van der Waals surface area (Å²) >= 11 is 0. The van der Waals surface area contributed by atoms with E-state index in [1.54, 1.807) is 7.11 Å². The predicted molar refractivity (Wildman–Crippen MR) is 65.3 cm³/mol. The first kappa shape index (κ1) is 11.8. The topological polar surface area (TPSA) is 9.23 Å². The Morgan fingerprint density at radius 2 is 1.87 bits per heavy atom. The minimum absolute atomic E-state index is 0.586. The van der Waals surface area contributed by atoms with Crippen molar-refractivity contribution < 1.29 is 4.74 Å². The van der Waals surface area contributed by atoms with Crippen molar-refractivity contribution in [2.24, 2.45) is 5.92 Å². The summed E-state index contributed by atoms with van der Waals surface area (Å²) in [5.41, 5.74) is 2.67. The number of ether oxygens (including phenoxy) is 1. The quantitative estimate of drug-likeness (QED) is 0.662. The van der Waals surface area contributed by atoms with Crippen LogP contribution in [0.2, 0.25) is 0 Å². The first-order chi connectivity index (χ1) is 7.13. The average molecular weight is 204 g/mol. The van der Waals surface area contributed by atoms with E-state index in [0.717, 1.165) is 18.6 Å². The zero-order chi connectivity index (χ0) is 11.3. The van der Waals surface area contributed by atoms with Crippen molar-refractivity contribution in [1.29, 1.82) is 0 Å². The molecule has 82 valence electrons. The predicted octanol–water partition coefficient (Wildman–Crippen LogP) is 3.84. The Kier molecular flexibility index (Phi) is 4.41. The van der Waals surface area contributed by atoms with Crippen LogP contribution in [0.25, 0.3) is 0 Å². The molecule has 0 aliphatic carbocycles. The molecule has 0 bridgehead atoms. The molecule has 0 aliphatic heterocycles. The van der Waals surface area contributed by atoms with Crippen LogP contribution in [-0.2, 0) is 6.42 Å². The van der Waals surface area contributed by atoms with Crippen molar-refractivity contribution in [3.63, 3.8) is 0 Å². The molecule has 1 rings (SSSR count). The Labute approximate surface area is 92.8 Å². The van der Waals surface area contributed by atoms with Crippen LogP contribution >= 0.6 is 0 Å². The van der Waals surface area contributed by atoms with Gasteiger partial charge in [-0.05, 0) is 36.5 Å². The van der Waals surface area contributed by atoms with E-state index >= 15 is 0 Å². The highest BCUT2D eigenvalue weighted by Crippen LogP contribution is 2.17. The Balaban J connectivity index is 2.47. The molecule has 0 atom stereocenters. The van der Waals surface area contributed by atoms with Crippen LogP contribution in [0.15, 0.2) is 36.4 Å². The molecule has 0 aliphatic rings. The number of hydrogen-bond donors (Lipinski definition) is 0. The molecule has 0 N–H and O–H groups in total. The van der Waals surface area contributed by atoms with Gasteiger partial charge < -0.3 is 4.74 Å². The fourth-order valence-electron chi connectivity index (χ4n) is 1.39. The summed E-state index contributed by atoms with van der Waals surface area (Å²) in [6.07, 6.45) is 2.14. The molecule has 0 aromatic heterocycles. The Hall–Kier alpha value is -1.24. The fraction of sp³-hybridized carbons (Fsp3) is 0.429. The Morgan fingerprint density at radius 1 is 1.27 bits per heavy atom. The van der Waals surface area contributed by atoms with Gasteiger partial charge in [-0.1, -0.05) is 38.1 Å². The van der Waals surface area contributed by atoms with Crippen molar-refractivity contribution in [3.8, 4) is 5.75 Å². The molecule has 0 unspecified atom stereocenters. The number of aryl methyl sites for hydroxylation is 1. The van der Waals surface area contributed by atoms with Gasteiger partial charge in [0, 0.05) is 0 Å². The van der Waals surface area contributed by atoms with Crippen LogP contribution in [0.1, 0.15) is 25.8 Å². The lowest BCUT2D eigenvalue weighted by Gasteiger charge is -2.09. The summed E-state index contributed by atoms with van der Waals surface area (Å²) in [7, 11) is 1.69. The number of allylic oxidation sites excluding steroid dienone is 1. The largest absolute Gasteiger partial charge is 0.497 e. The van der Waals surface area contributed by atoms with Crippen LogP contribution < -0.4 is 4.74 Å². The summed E-state index contributed by atoms with van der Waals surface area (Å²) in [6, 6.07) is 8.25. The summed E-state index contributed by atoms with van der Waals surface area (Å²) in [4.78, 5) is 0. The molecule has 1 aromatic carbocycles. The van der Waals surface area contributed by atoms with Gasteiger partial charge in [-0.25, -0.2) is 0 Å². The third-order valence-electron chi connectivity index (χ3n) is 2.71. The smallest absolute Gasteiger partial charge is 0.118 e. The molecule has 0 fully saturated rings. The van der Waals surface area contributed by atoms with E-state index in [-0.39, 0.29) is 0 Å². The molecular formula is C14H20O. The monoisotopic (exact) mass is 204 g/mol. The van der Waals surface area contributed by atoms with Crippen molar-refractivity contribution in [2.75, 3.05) is 7.11 Å². The maximum absolute atomic E-state index is 5.12. The second kappa shape index (κ2) is 5.59. The summed E-state index contributed by atoms with van der Waals surface area (Å²) in [5.74, 6) is 1.50. The highest BCUT2D eigenvalue weighted by atomic mass is 16.5. The molecule has 0 saturated heterocycles. The number of rotatable bonds is 5. The second-order valence-corrected chi connectivity index (χ2v) is 4.16. The maximum Gasteiger partial charge on any atom is 0.118 e. The summed E-state index contributed by atoms with van der Waals surface area (Å²) in [6.45, 7) is 8.46. The van der Waals surface area contributed by atoms with Crippen LogP contribution in [0.5, 0.6) is 5.75 Å². The molecule has 1 nitrogen and oxygen atoms in total. The van der Waals surface area contributed by atoms with Crippen LogP contribution in [0, 0.1) is 5.92 Å².